The Labute approximate surface area is 150 Å². The van der Waals surface area contributed by atoms with Gasteiger partial charge < -0.3 is 10.5 Å². The lowest BCUT2D eigenvalue weighted by atomic mass is 10.1. The lowest BCUT2D eigenvalue weighted by molar-refractivity contribution is -0.124. The van der Waals surface area contributed by atoms with Crippen molar-refractivity contribution in [3.63, 3.8) is 0 Å². The lowest BCUT2D eigenvalue weighted by Crippen LogP contribution is -2.37. The highest BCUT2D eigenvalue weighted by molar-refractivity contribution is 8.18. The first-order valence-corrected chi connectivity index (χ1v) is 8.54. The Bertz CT molecular complexity index is 829. The largest absolute Gasteiger partial charge is 0.497 e. The van der Waals surface area contributed by atoms with E-state index < -0.39 is 6.17 Å². The molecule has 1 fully saturated rings. The molecule has 128 valence electrons. The Kier molecular flexibility index (Phi) is 4.92. The van der Waals surface area contributed by atoms with E-state index >= 15 is 0 Å². The molecule has 0 aliphatic carbocycles. The molecular weight excluding hydrogens is 336 g/mol. The van der Waals surface area contributed by atoms with Crippen LogP contribution < -0.4 is 10.5 Å². The third-order valence-corrected chi connectivity index (χ3v) is 4.82. The Morgan fingerprint density at radius 2 is 1.72 bits per heavy atom. The monoisotopic (exact) mass is 354 g/mol. The van der Waals surface area contributed by atoms with E-state index in [0.717, 1.165) is 39.1 Å². The van der Waals surface area contributed by atoms with Crippen molar-refractivity contribution in [3.8, 4) is 5.75 Å². The third-order valence-electron chi connectivity index (χ3n) is 3.93. The van der Waals surface area contributed by atoms with Crippen molar-refractivity contribution >= 4 is 29.0 Å². The molecular formula is C19H18N2O3S. The molecule has 0 saturated carbocycles. The maximum Gasteiger partial charge on any atom is 0.295 e. The van der Waals surface area contributed by atoms with Crippen molar-refractivity contribution in [1.29, 1.82) is 0 Å². The van der Waals surface area contributed by atoms with Gasteiger partial charge >= 0.3 is 0 Å². The van der Waals surface area contributed by atoms with Crippen molar-refractivity contribution < 1.29 is 14.3 Å². The Morgan fingerprint density at radius 1 is 1.08 bits per heavy atom. The number of methoxy groups -OCH3 is 1. The smallest absolute Gasteiger partial charge is 0.295 e. The predicted octanol–water partition coefficient (Wildman–Crippen LogP) is 3.70. The molecule has 1 heterocycles. The number of nitrogens with two attached hydrogens (primary N) is 1. The fourth-order valence-electron chi connectivity index (χ4n) is 2.48. The standard InChI is InChI=1S/C19H18N2O3S/c1-12-3-7-14(8-4-12)17(20)21-18(22)16(25-19(21)23)11-13-5-9-15(24-2)10-6-13/h3-11,17H,20H2,1-2H3/b16-11-. The van der Waals surface area contributed by atoms with Crippen molar-refractivity contribution in [3.05, 3.63) is 70.1 Å². The van der Waals surface area contributed by atoms with Gasteiger partial charge in [0.25, 0.3) is 11.1 Å². The summed E-state index contributed by atoms with van der Waals surface area (Å²) in [6.45, 7) is 1.97. The van der Waals surface area contributed by atoms with Crippen LogP contribution in [-0.4, -0.2) is 23.2 Å². The molecule has 2 amide bonds. The minimum atomic E-state index is -0.796. The first kappa shape index (κ1) is 17.3. The zero-order valence-corrected chi connectivity index (χ0v) is 14.7. The molecule has 2 N–H and O–H groups in total. The van der Waals surface area contributed by atoms with Gasteiger partial charge in [-0.2, -0.15) is 0 Å². The van der Waals surface area contributed by atoms with Crippen molar-refractivity contribution in [2.75, 3.05) is 7.11 Å². The van der Waals surface area contributed by atoms with Crippen LogP contribution in [-0.2, 0) is 4.79 Å². The number of imide groups is 1. The normalized spacial score (nSPS) is 17.2. The fraction of sp³-hybridized carbons (Fsp3) is 0.158. The van der Waals surface area contributed by atoms with Crippen LogP contribution in [0.1, 0.15) is 22.9 Å². The van der Waals surface area contributed by atoms with E-state index in [4.69, 9.17) is 10.5 Å². The number of carbonyl (C=O) groups excluding carboxylic acids is 2. The minimum Gasteiger partial charge on any atom is -0.497 e. The van der Waals surface area contributed by atoms with Crippen LogP contribution in [0.5, 0.6) is 5.75 Å². The average Bonchev–Trinajstić information content (AvgIpc) is 2.89. The minimum absolute atomic E-state index is 0.359. The Hall–Kier alpha value is -2.57. The van der Waals surface area contributed by atoms with Gasteiger partial charge in [-0.3, -0.25) is 9.59 Å². The maximum absolute atomic E-state index is 12.6. The summed E-state index contributed by atoms with van der Waals surface area (Å²) in [5.41, 5.74) is 8.78. The SMILES string of the molecule is COc1ccc(/C=C2\SC(=O)N(C(N)c3ccc(C)cc3)C2=O)cc1. The summed E-state index contributed by atoms with van der Waals surface area (Å²) in [5, 5.41) is -0.363. The molecule has 1 aliphatic rings. The van der Waals surface area contributed by atoms with Crippen LogP contribution in [0.4, 0.5) is 4.79 Å². The van der Waals surface area contributed by atoms with Gasteiger partial charge in [-0.05, 0) is 48.0 Å². The highest BCUT2D eigenvalue weighted by Crippen LogP contribution is 2.36. The van der Waals surface area contributed by atoms with Gasteiger partial charge in [0.2, 0.25) is 0 Å². The first-order chi connectivity index (χ1) is 12.0. The molecule has 1 saturated heterocycles. The predicted molar refractivity (Wildman–Crippen MR) is 98.9 cm³/mol. The number of ether oxygens (including phenoxy) is 1. The van der Waals surface area contributed by atoms with Crippen LogP contribution in [0.2, 0.25) is 0 Å². The number of carbonyl (C=O) groups is 2. The van der Waals surface area contributed by atoms with Gasteiger partial charge in [-0.1, -0.05) is 42.0 Å². The summed E-state index contributed by atoms with van der Waals surface area (Å²) in [4.78, 5) is 26.4. The first-order valence-electron chi connectivity index (χ1n) is 7.73. The number of rotatable bonds is 4. The molecule has 25 heavy (non-hydrogen) atoms. The Balaban J connectivity index is 1.83. The molecule has 2 aromatic carbocycles. The van der Waals surface area contributed by atoms with Crippen LogP contribution in [0.15, 0.2) is 53.4 Å². The van der Waals surface area contributed by atoms with E-state index in [1.807, 2.05) is 43.3 Å². The highest BCUT2D eigenvalue weighted by atomic mass is 32.2. The number of amides is 2. The summed E-state index contributed by atoms with van der Waals surface area (Å²) in [5.74, 6) is 0.352. The van der Waals surface area contributed by atoms with Gasteiger partial charge in [-0.25, -0.2) is 4.90 Å². The van der Waals surface area contributed by atoms with Crippen LogP contribution >= 0.6 is 11.8 Å². The molecule has 3 rings (SSSR count). The topological polar surface area (TPSA) is 72.6 Å². The van der Waals surface area contributed by atoms with Crippen molar-refractivity contribution in [1.82, 2.24) is 4.90 Å². The quantitative estimate of drug-likeness (QED) is 0.848. The summed E-state index contributed by atoms with van der Waals surface area (Å²) >= 11 is 0.900. The summed E-state index contributed by atoms with van der Waals surface area (Å²) in [6.07, 6.45) is 0.890. The second-order valence-electron chi connectivity index (χ2n) is 5.68. The fourth-order valence-corrected chi connectivity index (χ4v) is 3.35. The lowest BCUT2D eigenvalue weighted by Gasteiger charge is -2.21. The molecule has 2 aromatic rings. The second-order valence-corrected chi connectivity index (χ2v) is 6.67. The van der Waals surface area contributed by atoms with E-state index in [1.54, 1.807) is 25.3 Å². The molecule has 6 heteroatoms. The van der Waals surface area contributed by atoms with E-state index in [-0.39, 0.29) is 11.1 Å². The number of hydrogen-bond acceptors (Lipinski definition) is 5. The summed E-state index contributed by atoms with van der Waals surface area (Å²) < 4.78 is 5.11. The van der Waals surface area contributed by atoms with Crippen molar-refractivity contribution in [2.24, 2.45) is 5.73 Å². The molecule has 0 bridgehead atoms. The highest BCUT2D eigenvalue weighted by Gasteiger charge is 2.39. The number of thioether (sulfide) groups is 1. The number of nitrogens with zero attached hydrogens (tertiary/aromatic N) is 1. The van der Waals surface area contributed by atoms with Gasteiger partial charge in [-0.15, -0.1) is 0 Å². The van der Waals surface area contributed by atoms with Crippen LogP contribution in [0.3, 0.4) is 0 Å². The zero-order chi connectivity index (χ0) is 18.0. The Morgan fingerprint density at radius 3 is 2.32 bits per heavy atom. The molecule has 0 spiro atoms. The van der Waals surface area contributed by atoms with Gasteiger partial charge in [0.15, 0.2) is 0 Å². The van der Waals surface area contributed by atoms with Crippen molar-refractivity contribution in [2.45, 2.75) is 13.1 Å². The molecule has 1 unspecified atom stereocenters. The number of hydrogen-bond donors (Lipinski definition) is 1. The van der Waals surface area contributed by atoms with Crippen LogP contribution in [0.25, 0.3) is 6.08 Å². The van der Waals surface area contributed by atoms with Gasteiger partial charge in [0.1, 0.15) is 11.9 Å². The third kappa shape index (κ3) is 3.60. The van der Waals surface area contributed by atoms with Crippen LogP contribution in [0, 0.1) is 6.92 Å². The molecule has 1 atom stereocenters. The molecule has 1 aliphatic heterocycles. The number of benzene rings is 2. The average molecular weight is 354 g/mol. The van der Waals surface area contributed by atoms with E-state index in [0.29, 0.717) is 4.91 Å². The zero-order valence-electron chi connectivity index (χ0n) is 13.9. The molecule has 0 aromatic heterocycles. The maximum atomic E-state index is 12.6. The molecule has 0 radical (unpaired) electrons. The van der Waals surface area contributed by atoms with Gasteiger partial charge in [0.05, 0.1) is 12.0 Å². The number of aryl methyl sites for hydroxylation is 1. The summed E-state index contributed by atoms with van der Waals surface area (Å²) in [6, 6.07) is 14.7. The second kappa shape index (κ2) is 7.13. The van der Waals surface area contributed by atoms with E-state index in [2.05, 4.69) is 0 Å². The van der Waals surface area contributed by atoms with E-state index in [9.17, 15) is 9.59 Å². The van der Waals surface area contributed by atoms with Gasteiger partial charge in [0, 0.05) is 0 Å². The van der Waals surface area contributed by atoms with E-state index in [1.165, 1.54) is 0 Å². The summed E-state index contributed by atoms with van der Waals surface area (Å²) in [7, 11) is 1.59. The molecule has 5 nitrogen and oxygen atoms in total.